The number of carboxylic acid groups (broad SMARTS) is 1. The molecule has 0 radical (unpaired) electrons. The van der Waals surface area contributed by atoms with Gasteiger partial charge in [0.25, 0.3) is 0 Å². The van der Waals surface area contributed by atoms with Crippen molar-refractivity contribution in [2.45, 2.75) is 32.2 Å². The highest BCUT2D eigenvalue weighted by molar-refractivity contribution is 5.78. The van der Waals surface area contributed by atoms with E-state index in [9.17, 15) is 9.59 Å². The normalized spacial score (nSPS) is 17.1. The van der Waals surface area contributed by atoms with E-state index < -0.39 is 5.97 Å². The fourth-order valence-corrected chi connectivity index (χ4v) is 1.23. The highest BCUT2D eigenvalue weighted by Gasteiger charge is 2.21. The summed E-state index contributed by atoms with van der Waals surface area (Å²) in [6.45, 7) is 2.33. The van der Waals surface area contributed by atoms with Gasteiger partial charge in [0, 0.05) is 6.04 Å². The van der Waals surface area contributed by atoms with E-state index in [4.69, 9.17) is 9.84 Å². The Balaban J connectivity index is 2.02. The number of ether oxygens (including phenoxy) is 1. The third-order valence-corrected chi connectivity index (χ3v) is 2.17. The summed E-state index contributed by atoms with van der Waals surface area (Å²) in [4.78, 5) is 21.5. The van der Waals surface area contributed by atoms with Crippen molar-refractivity contribution < 1.29 is 19.4 Å². The first-order chi connectivity index (χ1) is 7.08. The van der Waals surface area contributed by atoms with Gasteiger partial charge in [-0.25, -0.2) is 0 Å². The van der Waals surface area contributed by atoms with E-state index in [1.807, 2.05) is 0 Å². The molecule has 86 valence electrons. The van der Waals surface area contributed by atoms with E-state index in [0.29, 0.717) is 12.5 Å². The fraction of sp³-hybridized carbons (Fsp3) is 0.800. The van der Waals surface area contributed by atoms with Crippen molar-refractivity contribution in [3.63, 3.8) is 0 Å². The predicted octanol–water partition coefficient (Wildman–Crippen LogP) is 0.392. The van der Waals surface area contributed by atoms with Crippen LogP contribution in [0.2, 0.25) is 0 Å². The van der Waals surface area contributed by atoms with Gasteiger partial charge in [0.2, 0.25) is 5.91 Å². The Bertz CT molecular complexity index is 238. The standard InChI is InChI=1S/C10H17NO4/c1-7(4-10(13)14)11-9(12)6-15-5-8-2-3-8/h7-8H,2-6H2,1H3,(H,11,12)(H,13,14)/t7-/m1/s1. The molecule has 0 aromatic carbocycles. The lowest BCUT2D eigenvalue weighted by atomic mass is 10.2. The minimum Gasteiger partial charge on any atom is -0.481 e. The number of rotatable bonds is 7. The third-order valence-electron chi connectivity index (χ3n) is 2.17. The molecule has 0 bridgehead atoms. The number of nitrogens with one attached hydrogen (secondary N) is 1. The minimum absolute atomic E-state index is 0.0282. The van der Waals surface area contributed by atoms with Gasteiger partial charge in [0.05, 0.1) is 13.0 Å². The molecule has 5 heteroatoms. The van der Waals surface area contributed by atoms with Crippen molar-refractivity contribution in [1.29, 1.82) is 0 Å². The lowest BCUT2D eigenvalue weighted by Crippen LogP contribution is -2.36. The maximum absolute atomic E-state index is 11.2. The second-order valence-electron chi connectivity index (χ2n) is 4.02. The molecule has 0 aliphatic heterocycles. The van der Waals surface area contributed by atoms with Crippen LogP contribution in [0.5, 0.6) is 0 Å². The van der Waals surface area contributed by atoms with Crippen LogP contribution in [0.15, 0.2) is 0 Å². The van der Waals surface area contributed by atoms with E-state index in [1.54, 1.807) is 6.92 Å². The molecule has 0 saturated heterocycles. The van der Waals surface area contributed by atoms with Gasteiger partial charge in [0.1, 0.15) is 6.61 Å². The fourth-order valence-electron chi connectivity index (χ4n) is 1.23. The average molecular weight is 215 g/mol. The lowest BCUT2D eigenvalue weighted by Gasteiger charge is -2.11. The zero-order valence-corrected chi connectivity index (χ0v) is 8.86. The van der Waals surface area contributed by atoms with Gasteiger partial charge >= 0.3 is 5.97 Å². The molecule has 2 N–H and O–H groups in total. The number of aliphatic carboxylic acids is 1. The molecule has 0 aromatic rings. The van der Waals surface area contributed by atoms with Crippen LogP contribution < -0.4 is 5.32 Å². The van der Waals surface area contributed by atoms with Gasteiger partial charge < -0.3 is 15.2 Å². The van der Waals surface area contributed by atoms with Gasteiger partial charge in [0.15, 0.2) is 0 Å². The van der Waals surface area contributed by atoms with Crippen LogP contribution in [0.25, 0.3) is 0 Å². The molecule has 1 aliphatic carbocycles. The first kappa shape index (κ1) is 12.0. The molecule has 1 fully saturated rings. The summed E-state index contributed by atoms with van der Waals surface area (Å²) in [5, 5.41) is 11.0. The van der Waals surface area contributed by atoms with Crippen LogP contribution in [0.3, 0.4) is 0 Å². The second-order valence-corrected chi connectivity index (χ2v) is 4.02. The monoisotopic (exact) mass is 215 g/mol. The first-order valence-corrected chi connectivity index (χ1v) is 5.17. The van der Waals surface area contributed by atoms with E-state index in [0.717, 1.165) is 0 Å². The maximum Gasteiger partial charge on any atom is 0.305 e. The van der Waals surface area contributed by atoms with Crippen LogP contribution in [0.4, 0.5) is 0 Å². The Labute approximate surface area is 88.8 Å². The zero-order chi connectivity index (χ0) is 11.3. The summed E-state index contributed by atoms with van der Waals surface area (Å²) in [5.74, 6) is -0.527. The summed E-state index contributed by atoms with van der Waals surface area (Å²) in [6, 6.07) is -0.348. The Kier molecular flexibility index (Phi) is 4.55. The van der Waals surface area contributed by atoms with Gasteiger partial charge in [-0.3, -0.25) is 9.59 Å². The molecule has 1 aliphatic rings. The van der Waals surface area contributed by atoms with E-state index in [2.05, 4.69) is 5.32 Å². The number of carbonyl (C=O) groups is 2. The van der Waals surface area contributed by atoms with Crippen molar-refractivity contribution in [3.05, 3.63) is 0 Å². The number of amides is 1. The highest BCUT2D eigenvalue weighted by atomic mass is 16.5. The minimum atomic E-state index is -0.915. The summed E-state index contributed by atoms with van der Waals surface area (Å²) < 4.78 is 5.17. The van der Waals surface area contributed by atoms with E-state index in [-0.39, 0.29) is 25.0 Å². The Morgan fingerprint density at radius 2 is 2.20 bits per heavy atom. The highest BCUT2D eigenvalue weighted by Crippen LogP contribution is 2.28. The number of carbonyl (C=O) groups excluding carboxylic acids is 1. The average Bonchev–Trinajstić information content (AvgIpc) is 2.85. The lowest BCUT2D eigenvalue weighted by molar-refractivity contribution is -0.137. The number of carboxylic acids is 1. The molecule has 1 rings (SSSR count). The Hall–Kier alpha value is -1.10. The number of hydrogen-bond donors (Lipinski definition) is 2. The van der Waals surface area contributed by atoms with Gasteiger partial charge in [-0.05, 0) is 25.7 Å². The summed E-state index contributed by atoms with van der Waals surface area (Å²) >= 11 is 0. The molecule has 0 spiro atoms. The molecular formula is C10H17NO4. The Morgan fingerprint density at radius 1 is 1.53 bits per heavy atom. The molecule has 1 amide bonds. The van der Waals surface area contributed by atoms with Crippen LogP contribution in [-0.2, 0) is 14.3 Å². The SMILES string of the molecule is C[C@H](CC(=O)O)NC(=O)COCC1CC1. The van der Waals surface area contributed by atoms with Gasteiger partial charge in [-0.1, -0.05) is 0 Å². The van der Waals surface area contributed by atoms with Crippen molar-refractivity contribution >= 4 is 11.9 Å². The molecule has 0 heterocycles. The molecule has 0 aromatic heterocycles. The summed E-state index contributed by atoms with van der Waals surface area (Å²) in [6.07, 6.45) is 2.32. The molecule has 1 saturated carbocycles. The van der Waals surface area contributed by atoms with Crippen LogP contribution in [0, 0.1) is 5.92 Å². The van der Waals surface area contributed by atoms with Crippen LogP contribution >= 0.6 is 0 Å². The predicted molar refractivity (Wildman–Crippen MR) is 53.4 cm³/mol. The topological polar surface area (TPSA) is 75.6 Å². The third kappa shape index (κ3) is 6.06. The smallest absolute Gasteiger partial charge is 0.305 e. The maximum atomic E-state index is 11.2. The van der Waals surface area contributed by atoms with E-state index >= 15 is 0 Å². The molecule has 0 unspecified atom stereocenters. The largest absolute Gasteiger partial charge is 0.481 e. The molecule has 1 atom stereocenters. The van der Waals surface area contributed by atoms with Crippen molar-refractivity contribution in [2.75, 3.05) is 13.2 Å². The molecule has 15 heavy (non-hydrogen) atoms. The van der Waals surface area contributed by atoms with Crippen molar-refractivity contribution in [2.24, 2.45) is 5.92 Å². The quantitative estimate of drug-likeness (QED) is 0.644. The van der Waals surface area contributed by atoms with Crippen molar-refractivity contribution in [3.8, 4) is 0 Å². The molecular weight excluding hydrogens is 198 g/mol. The Morgan fingerprint density at radius 3 is 2.73 bits per heavy atom. The van der Waals surface area contributed by atoms with E-state index in [1.165, 1.54) is 12.8 Å². The van der Waals surface area contributed by atoms with Crippen LogP contribution in [0.1, 0.15) is 26.2 Å². The number of hydrogen-bond acceptors (Lipinski definition) is 3. The second kappa shape index (κ2) is 5.70. The van der Waals surface area contributed by atoms with Crippen molar-refractivity contribution in [1.82, 2.24) is 5.32 Å². The van der Waals surface area contributed by atoms with Crippen LogP contribution in [-0.4, -0.2) is 36.2 Å². The van der Waals surface area contributed by atoms with Gasteiger partial charge in [-0.2, -0.15) is 0 Å². The molecule has 5 nitrogen and oxygen atoms in total. The van der Waals surface area contributed by atoms with Gasteiger partial charge in [-0.15, -0.1) is 0 Å². The summed E-state index contributed by atoms with van der Waals surface area (Å²) in [7, 11) is 0. The first-order valence-electron chi connectivity index (χ1n) is 5.17. The zero-order valence-electron chi connectivity index (χ0n) is 8.86. The summed E-state index contributed by atoms with van der Waals surface area (Å²) in [5.41, 5.74) is 0.